The molecule has 1 saturated carbocycles. The molecule has 1 aliphatic rings. The molecule has 0 saturated heterocycles. The summed E-state index contributed by atoms with van der Waals surface area (Å²) >= 11 is 0. The summed E-state index contributed by atoms with van der Waals surface area (Å²) < 4.78 is 0. The van der Waals surface area contributed by atoms with Crippen molar-refractivity contribution >= 4 is 5.95 Å². The largest absolute Gasteiger partial charge is 0.395 e. The van der Waals surface area contributed by atoms with Gasteiger partial charge in [0, 0.05) is 43.1 Å². The molecule has 0 spiro atoms. The van der Waals surface area contributed by atoms with Crippen LogP contribution in [0.3, 0.4) is 0 Å². The first-order valence-electron chi connectivity index (χ1n) is 6.77. The molecule has 0 atom stereocenters. The fourth-order valence-corrected chi connectivity index (χ4v) is 1.90. The Morgan fingerprint density at radius 3 is 2.95 bits per heavy atom. The highest BCUT2D eigenvalue weighted by atomic mass is 16.3. The molecule has 1 aliphatic carbocycles. The van der Waals surface area contributed by atoms with Crippen LogP contribution in [0, 0.1) is 6.92 Å². The van der Waals surface area contributed by atoms with Gasteiger partial charge in [0.15, 0.2) is 0 Å². The van der Waals surface area contributed by atoms with Crippen molar-refractivity contribution in [1.29, 1.82) is 0 Å². The number of aryl methyl sites for hydroxylation is 1. The molecule has 5 nitrogen and oxygen atoms in total. The van der Waals surface area contributed by atoms with Gasteiger partial charge < -0.3 is 15.3 Å². The van der Waals surface area contributed by atoms with E-state index in [2.05, 4.69) is 21.9 Å². The normalized spacial score (nSPS) is 14.4. The molecule has 1 fully saturated rings. The highest BCUT2D eigenvalue weighted by molar-refractivity contribution is 5.33. The number of aromatic nitrogens is 2. The molecular formula is C14H22N4O. The summed E-state index contributed by atoms with van der Waals surface area (Å²) in [6.07, 6.45) is 6.22. The Hall–Kier alpha value is -1.46. The van der Waals surface area contributed by atoms with E-state index in [0.29, 0.717) is 25.1 Å². The lowest BCUT2D eigenvalue weighted by atomic mass is 10.2. The lowest BCUT2D eigenvalue weighted by Crippen LogP contribution is -2.29. The Morgan fingerprint density at radius 1 is 1.58 bits per heavy atom. The summed E-state index contributed by atoms with van der Waals surface area (Å²) in [5.41, 5.74) is 2.13. The van der Waals surface area contributed by atoms with Gasteiger partial charge in [-0.25, -0.2) is 9.97 Å². The SMILES string of the molecule is C=CCN(CCO)c1ncc(CNC2CC2)c(C)n1. The molecule has 0 amide bonds. The monoisotopic (exact) mass is 262 g/mol. The fraction of sp³-hybridized carbons (Fsp3) is 0.571. The molecular weight excluding hydrogens is 240 g/mol. The molecule has 1 aromatic heterocycles. The average Bonchev–Trinajstić information content (AvgIpc) is 3.21. The minimum Gasteiger partial charge on any atom is -0.395 e. The lowest BCUT2D eigenvalue weighted by molar-refractivity contribution is 0.302. The number of hydrogen-bond acceptors (Lipinski definition) is 5. The molecule has 0 unspecified atom stereocenters. The first-order valence-corrected chi connectivity index (χ1v) is 6.77. The van der Waals surface area contributed by atoms with Crippen LogP contribution in [-0.2, 0) is 6.54 Å². The van der Waals surface area contributed by atoms with Crippen molar-refractivity contribution < 1.29 is 5.11 Å². The van der Waals surface area contributed by atoms with E-state index in [1.165, 1.54) is 12.8 Å². The van der Waals surface area contributed by atoms with Gasteiger partial charge in [0.25, 0.3) is 0 Å². The predicted octanol–water partition coefficient (Wildman–Crippen LogP) is 1.02. The Kier molecular flexibility index (Phi) is 4.87. The third-order valence-electron chi connectivity index (χ3n) is 3.23. The average molecular weight is 262 g/mol. The minimum absolute atomic E-state index is 0.0846. The third kappa shape index (κ3) is 4.01. The van der Waals surface area contributed by atoms with Gasteiger partial charge in [-0.3, -0.25) is 0 Å². The highest BCUT2D eigenvalue weighted by Crippen LogP contribution is 2.20. The summed E-state index contributed by atoms with van der Waals surface area (Å²) in [6, 6.07) is 0.686. The number of aliphatic hydroxyl groups excluding tert-OH is 1. The van der Waals surface area contributed by atoms with Gasteiger partial charge in [-0.2, -0.15) is 0 Å². The molecule has 0 radical (unpaired) electrons. The van der Waals surface area contributed by atoms with Gasteiger partial charge in [-0.1, -0.05) is 6.08 Å². The van der Waals surface area contributed by atoms with E-state index in [1.807, 2.05) is 18.0 Å². The number of nitrogens with one attached hydrogen (secondary N) is 1. The van der Waals surface area contributed by atoms with Crippen LogP contribution in [0.5, 0.6) is 0 Å². The predicted molar refractivity (Wildman–Crippen MR) is 76.1 cm³/mol. The number of anilines is 1. The number of hydrogen-bond donors (Lipinski definition) is 2. The van der Waals surface area contributed by atoms with Crippen LogP contribution < -0.4 is 10.2 Å². The van der Waals surface area contributed by atoms with Gasteiger partial charge in [0.2, 0.25) is 5.95 Å². The number of nitrogens with zero attached hydrogens (tertiary/aromatic N) is 3. The van der Waals surface area contributed by atoms with Crippen LogP contribution in [0.2, 0.25) is 0 Å². The molecule has 104 valence electrons. The second-order valence-corrected chi connectivity index (χ2v) is 4.89. The maximum atomic E-state index is 9.06. The Balaban J connectivity index is 2.04. The summed E-state index contributed by atoms with van der Waals surface area (Å²) in [6.45, 7) is 7.79. The van der Waals surface area contributed by atoms with Crippen molar-refractivity contribution in [2.75, 3.05) is 24.6 Å². The molecule has 1 heterocycles. The van der Waals surface area contributed by atoms with Gasteiger partial charge in [0.05, 0.1) is 6.61 Å². The van der Waals surface area contributed by atoms with E-state index >= 15 is 0 Å². The van der Waals surface area contributed by atoms with Crippen LogP contribution >= 0.6 is 0 Å². The second-order valence-electron chi connectivity index (χ2n) is 4.89. The smallest absolute Gasteiger partial charge is 0.225 e. The van der Waals surface area contributed by atoms with Crippen molar-refractivity contribution in [3.8, 4) is 0 Å². The molecule has 2 N–H and O–H groups in total. The van der Waals surface area contributed by atoms with E-state index in [0.717, 1.165) is 17.8 Å². The maximum absolute atomic E-state index is 9.06. The van der Waals surface area contributed by atoms with Crippen LogP contribution in [0.25, 0.3) is 0 Å². The zero-order valence-corrected chi connectivity index (χ0v) is 11.5. The van der Waals surface area contributed by atoms with Gasteiger partial charge in [0.1, 0.15) is 0 Å². The van der Waals surface area contributed by atoms with Crippen molar-refractivity contribution in [3.63, 3.8) is 0 Å². The van der Waals surface area contributed by atoms with Crippen molar-refractivity contribution in [2.45, 2.75) is 32.4 Å². The summed E-state index contributed by atoms with van der Waals surface area (Å²) in [5, 5.41) is 12.5. The fourth-order valence-electron chi connectivity index (χ4n) is 1.90. The first kappa shape index (κ1) is 14.0. The first-order chi connectivity index (χ1) is 9.24. The van der Waals surface area contributed by atoms with Gasteiger partial charge in [-0.15, -0.1) is 6.58 Å². The molecule has 0 bridgehead atoms. The van der Waals surface area contributed by atoms with Crippen LogP contribution in [0.15, 0.2) is 18.9 Å². The standard InChI is InChI=1S/C14H22N4O/c1-3-6-18(7-8-19)14-16-10-12(11(2)17-14)9-15-13-4-5-13/h3,10,13,15,19H,1,4-9H2,2H3. The Bertz CT molecular complexity index is 431. The van der Waals surface area contributed by atoms with Gasteiger partial charge in [-0.05, 0) is 19.8 Å². The second kappa shape index (κ2) is 6.63. The van der Waals surface area contributed by atoms with E-state index in [1.54, 1.807) is 6.08 Å². The zero-order chi connectivity index (χ0) is 13.7. The molecule has 0 aliphatic heterocycles. The van der Waals surface area contributed by atoms with Crippen molar-refractivity contribution in [1.82, 2.24) is 15.3 Å². The van der Waals surface area contributed by atoms with Crippen LogP contribution in [0.1, 0.15) is 24.1 Å². The van der Waals surface area contributed by atoms with Crippen LogP contribution in [-0.4, -0.2) is 40.8 Å². The van der Waals surface area contributed by atoms with Crippen molar-refractivity contribution in [2.24, 2.45) is 0 Å². The summed E-state index contributed by atoms with van der Waals surface area (Å²) in [5.74, 6) is 0.654. The van der Waals surface area contributed by atoms with E-state index < -0.39 is 0 Å². The highest BCUT2D eigenvalue weighted by Gasteiger charge is 2.20. The Morgan fingerprint density at radius 2 is 2.37 bits per heavy atom. The topological polar surface area (TPSA) is 61.3 Å². The van der Waals surface area contributed by atoms with Crippen LogP contribution in [0.4, 0.5) is 5.95 Å². The Labute approximate surface area is 114 Å². The summed E-state index contributed by atoms with van der Waals surface area (Å²) in [7, 11) is 0. The van der Waals surface area contributed by atoms with Gasteiger partial charge >= 0.3 is 0 Å². The molecule has 5 heteroatoms. The maximum Gasteiger partial charge on any atom is 0.225 e. The lowest BCUT2D eigenvalue weighted by Gasteiger charge is -2.20. The summed E-state index contributed by atoms with van der Waals surface area (Å²) in [4.78, 5) is 10.8. The molecule has 2 rings (SSSR count). The molecule has 0 aromatic carbocycles. The molecule has 1 aromatic rings. The van der Waals surface area contributed by atoms with Crippen molar-refractivity contribution in [3.05, 3.63) is 30.1 Å². The quantitative estimate of drug-likeness (QED) is 0.685. The third-order valence-corrected chi connectivity index (χ3v) is 3.23. The zero-order valence-electron chi connectivity index (χ0n) is 11.5. The minimum atomic E-state index is 0.0846. The van der Waals surface area contributed by atoms with E-state index in [4.69, 9.17) is 5.11 Å². The number of rotatable bonds is 8. The van der Waals surface area contributed by atoms with E-state index in [-0.39, 0.29) is 6.61 Å². The number of aliphatic hydroxyl groups is 1. The van der Waals surface area contributed by atoms with E-state index in [9.17, 15) is 0 Å². The molecule has 19 heavy (non-hydrogen) atoms.